The molecule has 0 spiro atoms. The van der Waals surface area contributed by atoms with E-state index in [1.54, 1.807) is 21.5 Å². The smallest absolute Gasteiger partial charge is 0.236 e. The second kappa shape index (κ2) is 11.4. The molecule has 3 aliphatic rings. The molecular formula is C31H32F2N8O2S. The van der Waals surface area contributed by atoms with Gasteiger partial charge in [-0.05, 0) is 49.6 Å². The number of aliphatic hydroxyl groups excluding tert-OH is 1. The van der Waals surface area contributed by atoms with Crippen LogP contribution >= 0.6 is 11.3 Å². The number of likely N-dealkylation sites (tertiary alicyclic amines) is 1. The number of nitriles is 1. The lowest BCUT2D eigenvalue weighted by Gasteiger charge is -2.36. The first-order valence-corrected chi connectivity index (χ1v) is 15.7. The van der Waals surface area contributed by atoms with Crippen molar-refractivity contribution in [1.29, 1.82) is 5.26 Å². The minimum Gasteiger partial charge on any atom is -0.391 e. The molecule has 1 atom stereocenters. The second-order valence-corrected chi connectivity index (χ2v) is 12.7. The van der Waals surface area contributed by atoms with Crippen LogP contribution in [0.1, 0.15) is 35.8 Å². The van der Waals surface area contributed by atoms with Crippen LogP contribution in [0.25, 0.3) is 16.8 Å². The van der Waals surface area contributed by atoms with E-state index in [9.17, 15) is 19.6 Å². The van der Waals surface area contributed by atoms with Crippen molar-refractivity contribution in [2.24, 2.45) is 0 Å². The first-order valence-electron chi connectivity index (χ1n) is 14.8. The van der Waals surface area contributed by atoms with Gasteiger partial charge >= 0.3 is 0 Å². The number of hydrogen-bond acceptors (Lipinski definition) is 9. The Kier molecular flexibility index (Phi) is 7.44. The van der Waals surface area contributed by atoms with Crippen LogP contribution in [0.3, 0.4) is 0 Å². The molecule has 0 unspecified atom stereocenters. The number of halogens is 2. The van der Waals surface area contributed by atoms with Crippen LogP contribution in [-0.2, 0) is 4.79 Å². The predicted octanol–water partition coefficient (Wildman–Crippen LogP) is 3.97. The SMILES string of the molecule is CN(c1nc(-c2ccc(F)cc2)c(C#N)s1)c1c(C2CC2)nn2cc(F)c(N3CCN(CC(=O)N4CC[C@@H](O)C4)CC3)cc12. The summed E-state index contributed by atoms with van der Waals surface area (Å²) in [6, 6.07) is 9.99. The zero-order chi connectivity index (χ0) is 30.5. The third-order valence-corrected chi connectivity index (χ3v) is 9.75. The van der Waals surface area contributed by atoms with Gasteiger partial charge in [-0.25, -0.2) is 18.3 Å². The number of carbonyl (C=O) groups excluding carboxylic acids is 1. The molecule has 1 saturated carbocycles. The van der Waals surface area contributed by atoms with Gasteiger partial charge in [0.15, 0.2) is 10.9 Å². The molecule has 1 N–H and O–H groups in total. The van der Waals surface area contributed by atoms with Gasteiger partial charge in [-0.3, -0.25) is 9.69 Å². The number of pyridine rings is 1. The van der Waals surface area contributed by atoms with E-state index in [-0.39, 0.29) is 23.5 Å². The number of hydrogen-bond donors (Lipinski definition) is 1. The molecule has 3 fully saturated rings. The Hall–Kier alpha value is -4.12. The Balaban J connectivity index is 1.16. The van der Waals surface area contributed by atoms with E-state index < -0.39 is 6.10 Å². The van der Waals surface area contributed by atoms with Crippen molar-refractivity contribution in [3.8, 4) is 17.3 Å². The number of aliphatic hydroxyl groups is 1. The van der Waals surface area contributed by atoms with Gasteiger partial charge < -0.3 is 19.8 Å². The Morgan fingerprint density at radius 3 is 2.55 bits per heavy atom. The standard InChI is InChI=1S/C31H32F2N8O2S/c1-37(31-35-28(26(15-34)44-31)19-4-6-21(32)7-5-19)30-25-14-24(23(33)17-41(25)36-29(30)20-2-3-20)39-12-10-38(11-13-39)18-27(43)40-9-8-22(42)16-40/h4-7,14,17,20,22,42H,2-3,8-13,16,18H2,1H3/t22-/m1/s1. The minimum atomic E-state index is -0.442. The number of aromatic nitrogens is 3. The summed E-state index contributed by atoms with van der Waals surface area (Å²) < 4.78 is 30.7. The number of fused-ring (bicyclic) bond motifs is 1. The lowest BCUT2D eigenvalue weighted by Crippen LogP contribution is -2.50. The van der Waals surface area contributed by atoms with Gasteiger partial charge in [0.05, 0.1) is 41.4 Å². The molecule has 4 aromatic rings. The van der Waals surface area contributed by atoms with E-state index in [0.717, 1.165) is 29.7 Å². The van der Waals surface area contributed by atoms with Gasteiger partial charge in [-0.15, -0.1) is 0 Å². The maximum absolute atomic E-state index is 15.6. The number of anilines is 3. The monoisotopic (exact) mass is 618 g/mol. The third-order valence-electron chi connectivity index (χ3n) is 8.71. The summed E-state index contributed by atoms with van der Waals surface area (Å²) in [6.45, 7) is 3.64. The molecule has 1 aliphatic carbocycles. The largest absolute Gasteiger partial charge is 0.391 e. The molecule has 1 aromatic carbocycles. The van der Waals surface area contributed by atoms with Crippen molar-refractivity contribution >= 4 is 39.3 Å². The maximum atomic E-state index is 15.6. The minimum absolute atomic E-state index is 0.0199. The number of amides is 1. The molecule has 10 nitrogen and oxygen atoms in total. The molecule has 13 heteroatoms. The highest BCUT2D eigenvalue weighted by molar-refractivity contribution is 7.16. The van der Waals surface area contributed by atoms with Gasteiger partial charge in [-0.1, -0.05) is 11.3 Å². The Morgan fingerprint density at radius 2 is 1.89 bits per heavy atom. The van der Waals surface area contributed by atoms with Crippen LogP contribution in [0.15, 0.2) is 36.5 Å². The number of nitrogens with zero attached hydrogens (tertiary/aromatic N) is 8. The van der Waals surface area contributed by atoms with Crippen LogP contribution in [-0.4, -0.2) is 94.4 Å². The van der Waals surface area contributed by atoms with Crippen molar-refractivity contribution < 1.29 is 18.7 Å². The lowest BCUT2D eigenvalue weighted by molar-refractivity contribution is -0.131. The van der Waals surface area contributed by atoms with Crippen LogP contribution in [0.5, 0.6) is 0 Å². The summed E-state index contributed by atoms with van der Waals surface area (Å²) in [4.78, 5) is 25.6. The van der Waals surface area contributed by atoms with E-state index in [4.69, 9.17) is 10.1 Å². The molecule has 2 saturated heterocycles. The summed E-state index contributed by atoms with van der Waals surface area (Å²) >= 11 is 1.25. The van der Waals surface area contributed by atoms with E-state index >= 15 is 4.39 Å². The second-order valence-electron chi connectivity index (χ2n) is 11.7. The fraction of sp³-hybridized carbons (Fsp3) is 0.419. The molecule has 0 bridgehead atoms. The molecular weight excluding hydrogens is 586 g/mol. The number of piperazine rings is 1. The molecule has 2 aliphatic heterocycles. The Labute approximate surface area is 257 Å². The van der Waals surface area contributed by atoms with Gasteiger partial charge in [-0.2, -0.15) is 10.4 Å². The molecule has 5 heterocycles. The summed E-state index contributed by atoms with van der Waals surface area (Å²) in [6.07, 6.45) is 3.60. The van der Waals surface area contributed by atoms with Crippen LogP contribution in [0.2, 0.25) is 0 Å². The zero-order valence-electron chi connectivity index (χ0n) is 24.3. The number of β-amino-alcohol motifs (C(OH)–C–C–N with tert-alkyl or cyclic N) is 1. The van der Waals surface area contributed by atoms with Gasteiger partial charge in [0.2, 0.25) is 5.91 Å². The lowest BCUT2D eigenvalue weighted by atomic mass is 10.1. The summed E-state index contributed by atoms with van der Waals surface area (Å²) in [5.74, 6) is -0.442. The number of rotatable bonds is 7. The zero-order valence-corrected chi connectivity index (χ0v) is 25.1. The Morgan fingerprint density at radius 1 is 1.14 bits per heavy atom. The summed E-state index contributed by atoms with van der Waals surface area (Å²) in [5, 5.41) is 25.0. The fourth-order valence-corrected chi connectivity index (χ4v) is 6.97. The van der Waals surface area contributed by atoms with Gasteiger partial charge in [0.25, 0.3) is 0 Å². The highest BCUT2D eigenvalue weighted by atomic mass is 32.1. The number of carbonyl (C=O) groups is 1. The Bertz CT molecular complexity index is 1750. The van der Waals surface area contributed by atoms with Crippen LogP contribution < -0.4 is 9.80 Å². The average Bonchev–Trinajstić information content (AvgIpc) is 3.45. The molecule has 0 radical (unpaired) electrons. The number of benzene rings is 1. The number of thiazole rings is 1. The fourth-order valence-electron chi connectivity index (χ4n) is 6.11. The predicted molar refractivity (Wildman–Crippen MR) is 163 cm³/mol. The van der Waals surface area contributed by atoms with E-state index in [1.165, 1.54) is 29.7 Å². The normalized spacial score (nSPS) is 19.1. The highest BCUT2D eigenvalue weighted by Gasteiger charge is 2.34. The summed E-state index contributed by atoms with van der Waals surface area (Å²) in [7, 11) is 1.88. The van der Waals surface area contributed by atoms with Crippen molar-refractivity contribution in [3.05, 3.63) is 58.7 Å². The van der Waals surface area contributed by atoms with Crippen molar-refractivity contribution in [3.63, 3.8) is 0 Å². The summed E-state index contributed by atoms with van der Waals surface area (Å²) in [5.41, 5.74) is 4.07. The van der Waals surface area contributed by atoms with Crippen LogP contribution in [0, 0.1) is 23.0 Å². The topological polar surface area (TPSA) is 104 Å². The third kappa shape index (κ3) is 5.38. The first kappa shape index (κ1) is 28.6. The van der Waals surface area contributed by atoms with E-state index in [2.05, 4.69) is 11.0 Å². The molecule has 7 rings (SSSR count). The van der Waals surface area contributed by atoms with Crippen LogP contribution in [0.4, 0.5) is 25.3 Å². The van der Waals surface area contributed by atoms with Crippen molar-refractivity contribution in [2.45, 2.75) is 31.3 Å². The van der Waals surface area contributed by atoms with Crippen molar-refractivity contribution in [1.82, 2.24) is 24.4 Å². The van der Waals surface area contributed by atoms with Crippen molar-refractivity contribution in [2.75, 3.05) is 62.7 Å². The van der Waals surface area contributed by atoms with E-state index in [1.807, 2.05) is 22.9 Å². The molecule has 1 amide bonds. The van der Waals surface area contributed by atoms with E-state index in [0.29, 0.717) is 79.2 Å². The molecule has 228 valence electrons. The molecule has 44 heavy (non-hydrogen) atoms. The van der Waals surface area contributed by atoms with Gasteiger partial charge in [0, 0.05) is 57.8 Å². The van der Waals surface area contributed by atoms with Gasteiger partial charge in [0.1, 0.15) is 22.5 Å². The average molecular weight is 619 g/mol. The quantitative estimate of drug-likeness (QED) is 0.332. The maximum Gasteiger partial charge on any atom is 0.236 e. The first-order chi connectivity index (χ1) is 21.3. The highest BCUT2D eigenvalue weighted by Crippen LogP contribution is 2.48. The molecule has 3 aromatic heterocycles.